The van der Waals surface area contributed by atoms with Gasteiger partial charge >= 0.3 is 0 Å². The lowest BCUT2D eigenvalue weighted by molar-refractivity contribution is -0.133. The highest BCUT2D eigenvalue weighted by Crippen LogP contribution is 2.21. The second kappa shape index (κ2) is 11.1. The lowest BCUT2D eigenvalue weighted by Crippen LogP contribution is -2.50. The van der Waals surface area contributed by atoms with Gasteiger partial charge in [-0.25, -0.2) is 4.98 Å². The van der Waals surface area contributed by atoms with E-state index in [4.69, 9.17) is 4.42 Å². The Morgan fingerprint density at radius 1 is 1.00 bits per heavy atom. The number of piperazine rings is 1. The zero-order valence-electron chi connectivity index (χ0n) is 19.9. The predicted molar refractivity (Wildman–Crippen MR) is 132 cm³/mol. The smallest absolute Gasteiger partial charge is 0.238 e. The van der Waals surface area contributed by atoms with Gasteiger partial charge in [0.2, 0.25) is 11.8 Å². The average Bonchev–Trinajstić information content (AvgIpc) is 3.32. The molecule has 4 rings (SSSR count). The molecule has 2 aromatic carbocycles. The van der Waals surface area contributed by atoms with Crippen LogP contribution >= 0.6 is 0 Å². The first-order valence-corrected chi connectivity index (χ1v) is 11.9. The average molecular weight is 461 g/mol. The van der Waals surface area contributed by atoms with Crippen molar-refractivity contribution in [2.75, 3.05) is 38.0 Å². The van der Waals surface area contributed by atoms with Crippen molar-refractivity contribution in [2.24, 2.45) is 0 Å². The van der Waals surface area contributed by atoms with Crippen LogP contribution in [0.5, 0.6) is 0 Å². The fourth-order valence-electron chi connectivity index (χ4n) is 4.15. The molecule has 0 saturated carbocycles. The highest BCUT2D eigenvalue weighted by atomic mass is 16.4. The van der Waals surface area contributed by atoms with Gasteiger partial charge in [-0.3, -0.25) is 14.5 Å². The number of amides is 2. The molecule has 7 heteroatoms. The fraction of sp³-hybridized carbons (Fsp3) is 0.370. The zero-order chi connectivity index (χ0) is 23.9. The van der Waals surface area contributed by atoms with Crippen LogP contribution in [0.4, 0.5) is 5.69 Å². The monoisotopic (exact) mass is 460 g/mol. The van der Waals surface area contributed by atoms with Crippen LogP contribution in [0.3, 0.4) is 0 Å². The van der Waals surface area contributed by atoms with Crippen molar-refractivity contribution in [2.45, 2.75) is 33.1 Å². The van der Waals surface area contributed by atoms with Crippen LogP contribution in [0, 0.1) is 13.8 Å². The van der Waals surface area contributed by atoms with Crippen molar-refractivity contribution < 1.29 is 14.0 Å². The number of carbonyl (C=O) groups excluding carboxylic acids is 2. The summed E-state index contributed by atoms with van der Waals surface area (Å²) in [4.78, 5) is 33.4. The molecule has 3 aromatic rings. The maximum Gasteiger partial charge on any atom is 0.238 e. The summed E-state index contributed by atoms with van der Waals surface area (Å²) in [5, 5.41) is 3.01. The molecule has 2 amide bonds. The van der Waals surface area contributed by atoms with Gasteiger partial charge in [-0.1, -0.05) is 42.5 Å². The van der Waals surface area contributed by atoms with Crippen LogP contribution in [0.15, 0.2) is 59.1 Å². The van der Waals surface area contributed by atoms with Gasteiger partial charge in [0.15, 0.2) is 11.7 Å². The summed E-state index contributed by atoms with van der Waals surface area (Å²) in [6, 6.07) is 15.8. The molecule has 178 valence electrons. The Kier molecular flexibility index (Phi) is 7.75. The Morgan fingerprint density at radius 3 is 2.53 bits per heavy atom. The molecule has 2 heterocycles. The van der Waals surface area contributed by atoms with Gasteiger partial charge < -0.3 is 14.6 Å². The first kappa shape index (κ1) is 23.7. The van der Waals surface area contributed by atoms with Crippen molar-refractivity contribution in [1.82, 2.24) is 14.8 Å². The second-order valence-electron chi connectivity index (χ2n) is 8.79. The Labute approximate surface area is 200 Å². The van der Waals surface area contributed by atoms with Crippen LogP contribution in [-0.4, -0.2) is 59.3 Å². The van der Waals surface area contributed by atoms with E-state index in [9.17, 15) is 9.59 Å². The molecule has 0 radical (unpaired) electrons. The van der Waals surface area contributed by atoms with Gasteiger partial charge in [0, 0.05) is 50.3 Å². The van der Waals surface area contributed by atoms with E-state index in [1.807, 2.05) is 67.3 Å². The van der Waals surface area contributed by atoms with Gasteiger partial charge in [-0.2, -0.15) is 0 Å². The van der Waals surface area contributed by atoms with Gasteiger partial charge in [-0.05, 0) is 37.5 Å². The highest BCUT2D eigenvalue weighted by molar-refractivity contribution is 5.93. The Balaban J connectivity index is 1.16. The quantitative estimate of drug-likeness (QED) is 0.548. The predicted octanol–water partition coefficient (Wildman–Crippen LogP) is 4.06. The number of rotatable bonds is 8. The minimum atomic E-state index is -0.0192. The number of anilines is 1. The van der Waals surface area contributed by atoms with E-state index in [1.54, 1.807) is 6.20 Å². The summed E-state index contributed by atoms with van der Waals surface area (Å²) in [6.07, 6.45) is 3.54. The van der Waals surface area contributed by atoms with Crippen LogP contribution in [-0.2, 0) is 16.0 Å². The number of hydrogen-bond acceptors (Lipinski definition) is 5. The molecular formula is C27H32N4O3. The summed E-state index contributed by atoms with van der Waals surface area (Å²) < 4.78 is 5.82. The largest absolute Gasteiger partial charge is 0.441 e. The summed E-state index contributed by atoms with van der Waals surface area (Å²) >= 11 is 0. The second-order valence-corrected chi connectivity index (χ2v) is 8.79. The van der Waals surface area contributed by atoms with E-state index in [2.05, 4.69) is 15.2 Å². The summed E-state index contributed by atoms with van der Waals surface area (Å²) in [5.74, 6) is 1.54. The normalized spacial score (nSPS) is 14.2. The number of oxazole rings is 1. The molecular weight excluding hydrogens is 428 g/mol. The Hall–Kier alpha value is -3.45. The van der Waals surface area contributed by atoms with Crippen molar-refractivity contribution in [3.05, 3.63) is 71.7 Å². The van der Waals surface area contributed by atoms with Crippen LogP contribution in [0.2, 0.25) is 0 Å². The number of carbonyl (C=O) groups is 2. The van der Waals surface area contributed by atoms with Crippen LogP contribution in [0.25, 0.3) is 11.3 Å². The Bertz CT molecular complexity index is 1120. The van der Waals surface area contributed by atoms with E-state index in [0.717, 1.165) is 28.1 Å². The molecule has 0 spiro atoms. The third-order valence-corrected chi connectivity index (χ3v) is 6.36. The number of benzene rings is 2. The van der Waals surface area contributed by atoms with Gasteiger partial charge in [0.25, 0.3) is 0 Å². The van der Waals surface area contributed by atoms with Crippen molar-refractivity contribution in [1.29, 1.82) is 0 Å². The maximum atomic E-state index is 12.6. The Morgan fingerprint density at radius 2 is 1.76 bits per heavy atom. The molecule has 0 unspecified atom stereocenters. The van der Waals surface area contributed by atoms with E-state index >= 15 is 0 Å². The zero-order valence-corrected chi connectivity index (χ0v) is 19.9. The highest BCUT2D eigenvalue weighted by Gasteiger charge is 2.22. The van der Waals surface area contributed by atoms with Crippen molar-refractivity contribution >= 4 is 17.5 Å². The summed E-state index contributed by atoms with van der Waals surface area (Å²) in [7, 11) is 0. The van der Waals surface area contributed by atoms with Crippen molar-refractivity contribution in [3.63, 3.8) is 0 Å². The molecule has 1 saturated heterocycles. The molecule has 7 nitrogen and oxygen atoms in total. The van der Waals surface area contributed by atoms with Gasteiger partial charge in [0.05, 0.1) is 12.7 Å². The lowest BCUT2D eigenvalue weighted by atomic mass is 10.1. The molecule has 1 fully saturated rings. The SMILES string of the molecule is Cc1cccc(NC(=O)CN2CCN(C(=O)CCCc3ncc(-c4ccccc4)o3)CC2)c1C. The lowest BCUT2D eigenvalue weighted by Gasteiger charge is -2.34. The van der Waals surface area contributed by atoms with Crippen LogP contribution < -0.4 is 5.32 Å². The minimum Gasteiger partial charge on any atom is -0.441 e. The van der Waals surface area contributed by atoms with Crippen molar-refractivity contribution in [3.8, 4) is 11.3 Å². The van der Waals surface area contributed by atoms with E-state index in [1.165, 1.54) is 0 Å². The van der Waals surface area contributed by atoms with Gasteiger partial charge in [-0.15, -0.1) is 0 Å². The third kappa shape index (κ3) is 6.11. The molecule has 1 aliphatic heterocycles. The summed E-state index contributed by atoms with van der Waals surface area (Å²) in [6.45, 7) is 7.08. The third-order valence-electron chi connectivity index (χ3n) is 6.36. The van der Waals surface area contributed by atoms with Gasteiger partial charge in [0.1, 0.15) is 0 Å². The minimum absolute atomic E-state index is 0.0192. The first-order valence-electron chi connectivity index (χ1n) is 11.9. The molecule has 1 aromatic heterocycles. The molecule has 1 N–H and O–H groups in total. The number of aryl methyl sites for hydroxylation is 2. The number of aromatic nitrogens is 1. The maximum absolute atomic E-state index is 12.6. The number of hydrogen-bond donors (Lipinski definition) is 1. The molecule has 34 heavy (non-hydrogen) atoms. The first-order chi connectivity index (χ1) is 16.5. The number of nitrogens with zero attached hydrogens (tertiary/aromatic N) is 3. The summed E-state index contributed by atoms with van der Waals surface area (Å²) in [5.41, 5.74) is 4.11. The number of nitrogens with one attached hydrogen (secondary N) is 1. The topological polar surface area (TPSA) is 78.7 Å². The fourth-order valence-corrected chi connectivity index (χ4v) is 4.15. The van der Waals surface area contributed by atoms with Crippen LogP contribution in [0.1, 0.15) is 29.9 Å². The molecule has 1 aliphatic rings. The van der Waals surface area contributed by atoms with E-state index in [0.29, 0.717) is 57.9 Å². The molecule has 0 bridgehead atoms. The van der Waals surface area contributed by atoms with E-state index in [-0.39, 0.29) is 11.8 Å². The molecule has 0 atom stereocenters. The van der Waals surface area contributed by atoms with E-state index < -0.39 is 0 Å². The molecule has 0 aliphatic carbocycles. The standard InChI is InChI=1S/C27H32N4O3/c1-20-8-6-11-23(21(20)2)29-25(32)19-30-14-16-31(17-15-30)27(33)13-7-12-26-28-18-24(34-26)22-9-4-3-5-10-22/h3-6,8-11,18H,7,12-17,19H2,1-2H3,(H,29,32).